The highest BCUT2D eigenvalue weighted by molar-refractivity contribution is 7.92. The Morgan fingerprint density at radius 1 is 1.13 bits per heavy atom. The summed E-state index contributed by atoms with van der Waals surface area (Å²) in [5.74, 6) is 0.254. The van der Waals surface area contributed by atoms with Crippen LogP contribution in [0.3, 0.4) is 0 Å². The molecule has 9 heteroatoms. The van der Waals surface area contributed by atoms with E-state index in [2.05, 4.69) is 20.3 Å². The van der Waals surface area contributed by atoms with Gasteiger partial charge >= 0.3 is 0 Å². The molecule has 31 heavy (non-hydrogen) atoms. The molecule has 0 radical (unpaired) electrons. The molecule has 1 aromatic heterocycles. The molecule has 168 valence electrons. The molecule has 1 saturated heterocycles. The Balaban J connectivity index is 2.03. The van der Waals surface area contributed by atoms with Crippen molar-refractivity contribution in [3.8, 4) is 0 Å². The van der Waals surface area contributed by atoms with Gasteiger partial charge in [0.15, 0.2) is 5.82 Å². The van der Waals surface area contributed by atoms with E-state index in [9.17, 15) is 13.2 Å². The first-order valence-electron chi connectivity index (χ1n) is 10.6. The van der Waals surface area contributed by atoms with Gasteiger partial charge in [0.05, 0.1) is 16.1 Å². The van der Waals surface area contributed by atoms with Gasteiger partial charge in [-0.1, -0.05) is 24.6 Å². The lowest BCUT2D eigenvalue weighted by Crippen LogP contribution is -2.44. The molecular weight excluding hydrogens is 414 g/mol. The number of hydrogen-bond donors (Lipinski definition) is 3. The Morgan fingerprint density at radius 2 is 1.77 bits per heavy atom. The maximum atomic E-state index is 13.4. The van der Waals surface area contributed by atoms with Gasteiger partial charge in [0, 0.05) is 38.9 Å². The van der Waals surface area contributed by atoms with Crippen LogP contribution in [-0.2, 0) is 10.0 Å². The van der Waals surface area contributed by atoms with E-state index in [0.29, 0.717) is 47.8 Å². The van der Waals surface area contributed by atoms with Crippen molar-refractivity contribution in [3.05, 3.63) is 46.6 Å². The zero-order chi connectivity index (χ0) is 22.6. The van der Waals surface area contributed by atoms with Gasteiger partial charge in [0.1, 0.15) is 0 Å². The predicted molar refractivity (Wildman–Crippen MR) is 123 cm³/mol. The van der Waals surface area contributed by atoms with Crippen molar-refractivity contribution >= 4 is 27.4 Å². The molecule has 1 fully saturated rings. The van der Waals surface area contributed by atoms with Gasteiger partial charge in [-0.05, 0) is 44.4 Å². The second-order valence-electron chi connectivity index (χ2n) is 7.92. The largest absolute Gasteiger partial charge is 0.352 e. The highest BCUT2D eigenvalue weighted by Crippen LogP contribution is 2.30. The van der Waals surface area contributed by atoms with Gasteiger partial charge in [-0.3, -0.25) is 9.52 Å². The molecule has 8 nitrogen and oxygen atoms in total. The number of amides is 1. The average Bonchev–Trinajstić information content (AvgIpc) is 2.71. The minimum atomic E-state index is -3.88. The molecule has 0 saturated carbocycles. The lowest BCUT2D eigenvalue weighted by atomic mass is 10.1. The third-order valence-electron chi connectivity index (χ3n) is 5.20. The number of aromatic nitrogens is 1. The van der Waals surface area contributed by atoms with E-state index < -0.39 is 10.0 Å². The van der Waals surface area contributed by atoms with Crippen LogP contribution >= 0.6 is 0 Å². The van der Waals surface area contributed by atoms with Crippen LogP contribution in [0.25, 0.3) is 0 Å². The Kier molecular flexibility index (Phi) is 7.17. The van der Waals surface area contributed by atoms with Crippen molar-refractivity contribution in [2.45, 2.75) is 39.0 Å². The maximum Gasteiger partial charge on any atom is 0.262 e. The number of sulfonamides is 1. The average molecular weight is 446 g/mol. The van der Waals surface area contributed by atoms with Gasteiger partial charge in [-0.15, -0.1) is 0 Å². The van der Waals surface area contributed by atoms with Crippen LogP contribution in [0.4, 0.5) is 11.5 Å². The first-order chi connectivity index (χ1) is 14.7. The second-order valence-corrected chi connectivity index (χ2v) is 9.54. The summed E-state index contributed by atoms with van der Waals surface area (Å²) in [6.45, 7) is 11.0. The van der Waals surface area contributed by atoms with Crippen LogP contribution in [0.2, 0.25) is 0 Å². The molecular formula is C22H31N5O3S. The Labute approximate surface area is 184 Å². The summed E-state index contributed by atoms with van der Waals surface area (Å²) in [7, 11) is -3.88. The number of nitrogens with zero attached hydrogens (tertiary/aromatic N) is 2. The molecule has 3 N–H and O–H groups in total. The molecule has 0 unspecified atom stereocenters. The minimum absolute atomic E-state index is 0.255. The van der Waals surface area contributed by atoms with Gasteiger partial charge in [0.2, 0.25) is 0 Å². The molecule has 0 atom stereocenters. The van der Waals surface area contributed by atoms with Crippen molar-refractivity contribution in [3.63, 3.8) is 0 Å². The number of carbonyl (C=O) groups excluding carboxylic acids is 1. The fourth-order valence-corrected chi connectivity index (χ4v) is 5.42. The van der Waals surface area contributed by atoms with E-state index in [-0.39, 0.29) is 10.8 Å². The Bertz CT molecular complexity index is 1040. The smallest absolute Gasteiger partial charge is 0.262 e. The van der Waals surface area contributed by atoms with Crippen molar-refractivity contribution in [2.75, 3.05) is 42.3 Å². The lowest BCUT2D eigenvalue weighted by Gasteiger charge is -2.30. The molecule has 2 aromatic rings. The highest BCUT2D eigenvalue weighted by Gasteiger charge is 2.25. The van der Waals surface area contributed by atoms with Crippen LogP contribution in [0, 0.1) is 20.8 Å². The van der Waals surface area contributed by atoms with E-state index in [1.165, 1.54) is 6.20 Å². The predicted octanol–water partition coefficient (Wildman–Crippen LogP) is 2.36. The molecule has 0 spiro atoms. The number of hydrogen-bond acceptors (Lipinski definition) is 6. The fraction of sp³-hybridized carbons (Fsp3) is 0.455. The number of rotatable bonds is 7. The molecule has 2 heterocycles. The topological polar surface area (TPSA) is 103 Å². The summed E-state index contributed by atoms with van der Waals surface area (Å²) < 4.78 is 29.5. The van der Waals surface area contributed by atoms with E-state index in [0.717, 1.165) is 25.1 Å². The number of pyridine rings is 1. The normalized spacial score (nSPS) is 14.4. The Morgan fingerprint density at radius 3 is 2.39 bits per heavy atom. The number of benzene rings is 1. The monoisotopic (exact) mass is 445 g/mol. The minimum Gasteiger partial charge on any atom is -0.352 e. The van der Waals surface area contributed by atoms with E-state index >= 15 is 0 Å². The van der Waals surface area contributed by atoms with Crippen molar-refractivity contribution in [2.24, 2.45) is 0 Å². The van der Waals surface area contributed by atoms with Crippen LogP contribution in [0.15, 0.2) is 29.3 Å². The van der Waals surface area contributed by atoms with E-state index in [4.69, 9.17) is 0 Å². The first kappa shape index (κ1) is 23.0. The third kappa shape index (κ3) is 5.34. The number of anilines is 2. The van der Waals surface area contributed by atoms with Gasteiger partial charge < -0.3 is 15.5 Å². The summed E-state index contributed by atoms with van der Waals surface area (Å²) in [6.07, 6.45) is 2.31. The summed E-state index contributed by atoms with van der Waals surface area (Å²) in [6, 6.07) is 5.28. The molecule has 0 aliphatic carbocycles. The quantitative estimate of drug-likeness (QED) is 0.605. The first-order valence-corrected chi connectivity index (χ1v) is 12.1. The number of carbonyl (C=O) groups is 1. The summed E-state index contributed by atoms with van der Waals surface area (Å²) >= 11 is 0. The van der Waals surface area contributed by atoms with Crippen molar-refractivity contribution in [1.29, 1.82) is 0 Å². The van der Waals surface area contributed by atoms with Crippen molar-refractivity contribution in [1.82, 2.24) is 15.6 Å². The lowest BCUT2D eigenvalue weighted by molar-refractivity contribution is 0.0953. The van der Waals surface area contributed by atoms with Crippen LogP contribution in [-0.4, -0.2) is 52.0 Å². The molecule has 1 aliphatic rings. The summed E-state index contributed by atoms with van der Waals surface area (Å²) in [5.41, 5.74) is 3.00. The maximum absolute atomic E-state index is 13.4. The number of aryl methyl sites for hydroxylation is 3. The molecule has 1 amide bonds. The zero-order valence-corrected chi connectivity index (χ0v) is 19.4. The SMILES string of the molecule is CCCNC(=O)c1cnc(N2CCNCC2)c(NS(=O)(=O)c2c(C)cc(C)cc2C)c1. The fourth-order valence-electron chi connectivity index (χ4n) is 3.91. The van der Waals surface area contributed by atoms with E-state index in [1.807, 2.05) is 30.9 Å². The van der Waals surface area contributed by atoms with Gasteiger partial charge in [-0.25, -0.2) is 13.4 Å². The van der Waals surface area contributed by atoms with Crippen molar-refractivity contribution < 1.29 is 13.2 Å². The van der Waals surface area contributed by atoms with Gasteiger partial charge in [0.25, 0.3) is 15.9 Å². The summed E-state index contributed by atoms with van der Waals surface area (Å²) in [5, 5.41) is 6.09. The number of nitrogens with one attached hydrogen (secondary N) is 3. The highest BCUT2D eigenvalue weighted by atomic mass is 32.2. The summed E-state index contributed by atoms with van der Waals surface area (Å²) in [4.78, 5) is 19.2. The molecule has 3 rings (SSSR count). The van der Waals surface area contributed by atoms with Gasteiger partial charge in [-0.2, -0.15) is 0 Å². The molecule has 1 aromatic carbocycles. The molecule has 1 aliphatic heterocycles. The molecule has 0 bridgehead atoms. The van der Waals surface area contributed by atoms with Crippen LogP contribution in [0.1, 0.15) is 40.4 Å². The zero-order valence-electron chi connectivity index (χ0n) is 18.6. The standard InChI is InChI=1S/C22H31N5O3S/c1-5-6-24-22(28)18-13-19(21(25-14-18)27-9-7-23-8-10-27)26-31(29,30)20-16(3)11-15(2)12-17(20)4/h11-14,23,26H,5-10H2,1-4H3,(H,24,28). The third-order valence-corrected chi connectivity index (χ3v) is 6.87. The van der Waals surface area contributed by atoms with E-state index in [1.54, 1.807) is 19.9 Å². The second kappa shape index (κ2) is 9.65. The Hall–Kier alpha value is -2.65. The van der Waals surface area contributed by atoms with Crippen LogP contribution in [0.5, 0.6) is 0 Å². The number of piperazine rings is 1. The van der Waals surface area contributed by atoms with Crippen LogP contribution < -0.4 is 20.3 Å².